The fourth-order valence-electron chi connectivity index (χ4n) is 4.91. The highest BCUT2D eigenvalue weighted by Gasteiger charge is 2.38. The Balaban J connectivity index is 1.52. The molecule has 3 heterocycles. The van der Waals surface area contributed by atoms with E-state index in [-0.39, 0.29) is 41.7 Å². The summed E-state index contributed by atoms with van der Waals surface area (Å²) in [7, 11) is 0. The van der Waals surface area contributed by atoms with E-state index in [9.17, 15) is 14.0 Å². The molecule has 0 fully saturated rings. The number of rotatable bonds is 7. The van der Waals surface area contributed by atoms with Gasteiger partial charge in [-0.25, -0.2) is 9.07 Å². The molecule has 10 heteroatoms. The number of hydrogen-bond acceptors (Lipinski definition) is 5. The molecule has 42 heavy (non-hydrogen) atoms. The molecular formula is C32H25ClFN5O2S. The highest BCUT2D eigenvalue weighted by molar-refractivity contribution is 8.00. The molecule has 0 saturated heterocycles. The van der Waals surface area contributed by atoms with Crippen LogP contribution in [0.3, 0.4) is 0 Å². The summed E-state index contributed by atoms with van der Waals surface area (Å²) >= 11 is 8.09. The summed E-state index contributed by atoms with van der Waals surface area (Å²) in [5, 5.41) is 7.96. The molecule has 1 aliphatic rings. The average Bonchev–Trinajstić information content (AvgIpc) is 3.34. The number of aromatic nitrogens is 3. The standard InChI is InChI=1S/C32H25ClFN5O2S/c33-25-11-4-5-12-26(25)39-32-29(30(37-39)21-8-2-1-3-9-21)31(22-13-15-23(34)16-14-22)42-20-28(41)38(32)19-27(40)36-18-24-10-6-7-17-35-24/h1-17,31H,18-20H2,(H,36,40)/t31-/m0/s1. The van der Waals surface area contributed by atoms with E-state index >= 15 is 0 Å². The molecule has 7 nitrogen and oxygen atoms in total. The maximum atomic E-state index is 14.0. The third kappa shape index (κ3) is 5.66. The van der Waals surface area contributed by atoms with Crippen molar-refractivity contribution in [1.82, 2.24) is 20.1 Å². The number of pyridine rings is 1. The smallest absolute Gasteiger partial charge is 0.240 e. The summed E-state index contributed by atoms with van der Waals surface area (Å²) in [6.45, 7) is -0.0136. The molecule has 2 aromatic heterocycles. The van der Waals surface area contributed by atoms with Gasteiger partial charge in [-0.15, -0.1) is 11.8 Å². The summed E-state index contributed by atoms with van der Waals surface area (Å²) in [5.41, 5.74) is 4.29. The molecular weight excluding hydrogens is 573 g/mol. The van der Waals surface area contributed by atoms with Crippen LogP contribution in [0.4, 0.5) is 10.2 Å². The van der Waals surface area contributed by atoms with E-state index in [0.717, 1.165) is 16.7 Å². The minimum Gasteiger partial charge on any atom is -0.349 e. The molecule has 0 spiro atoms. The van der Waals surface area contributed by atoms with E-state index in [1.54, 1.807) is 35.1 Å². The van der Waals surface area contributed by atoms with Gasteiger partial charge in [-0.3, -0.25) is 19.5 Å². The van der Waals surface area contributed by atoms with Gasteiger partial charge in [0.1, 0.15) is 18.2 Å². The average molecular weight is 598 g/mol. The molecule has 2 amide bonds. The molecule has 5 aromatic rings. The maximum absolute atomic E-state index is 14.0. The first-order chi connectivity index (χ1) is 20.5. The predicted molar refractivity (Wildman–Crippen MR) is 163 cm³/mol. The molecule has 3 aromatic carbocycles. The van der Waals surface area contributed by atoms with Crippen LogP contribution in [0.15, 0.2) is 103 Å². The van der Waals surface area contributed by atoms with Gasteiger partial charge in [0.05, 0.1) is 39.6 Å². The molecule has 0 unspecified atom stereocenters. The van der Waals surface area contributed by atoms with E-state index in [2.05, 4.69) is 10.3 Å². The van der Waals surface area contributed by atoms with Crippen molar-refractivity contribution in [3.05, 3.63) is 131 Å². The second-order valence-electron chi connectivity index (χ2n) is 9.64. The Kier molecular flexibility index (Phi) is 8.03. The first kappa shape index (κ1) is 27.7. The number of para-hydroxylation sites is 1. The van der Waals surface area contributed by atoms with Gasteiger partial charge in [0.15, 0.2) is 0 Å². The van der Waals surface area contributed by atoms with E-state index in [1.807, 2.05) is 60.7 Å². The minimum absolute atomic E-state index is 0.0982. The highest BCUT2D eigenvalue weighted by Crippen LogP contribution is 2.48. The Bertz CT molecular complexity index is 1730. The van der Waals surface area contributed by atoms with E-state index in [1.165, 1.54) is 28.8 Å². The summed E-state index contributed by atoms with van der Waals surface area (Å²) in [6.07, 6.45) is 1.66. The molecule has 0 aliphatic carbocycles. The lowest BCUT2D eigenvalue weighted by Gasteiger charge is -2.23. The van der Waals surface area contributed by atoms with Crippen LogP contribution in [0.25, 0.3) is 16.9 Å². The van der Waals surface area contributed by atoms with Crippen LogP contribution in [-0.4, -0.2) is 38.9 Å². The number of thioether (sulfide) groups is 1. The predicted octanol–water partition coefficient (Wildman–Crippen LogP) is 6.21. The molecule has 1 aliphatic heterocycles. The Hall–Kier alpha value is -4.47. The van der Waals surface area contributed by atoms with Gasteiger partial charge < -0.3 is 5.32 Å². The van der Waals surface area contributed by atoms with Crippen molar-refractivity contribution in [1.29, 1.82) is 0 Å². The number of benzene rings is 3. The number of fused-ring (bicyclic) bond motifs is 1. The third-order valence-corrected chi connectivity index (χ3v) is 8.46. The van der Waals surface area contributed by atoms with Gasteiger partial charge in [0, 0.05) is 17.3 Å². The van der Waals surface area contributed by atoms with Gasteiger partial charge in [0.25, 0.3) is 0 Å². The van der Waals surface area contributed by atoms with Crippen molar-refractivity contribution in [2.24, 2.45) is 0 Å². The zero-order valence-corrected chi connectivity index (χ0v) is 23.9. The Morgan fingerprint density at radius 2 is 1.71 bits per heavy atom. The lowest BCUT2D eigenvalue weighted by Crippen LogP contribution is -2.42. The van der Waals surface area contributed by atoms with Gasteiger partial charge >= 0.3 is 0 Å². The second-order valence-corrected chi connectivity index (χ2v) is 11.1. The van der Waals surface area contributed by atoms with Crippen molar-refractivity contribution in [3.8, 4) is 16.9 Å². The number of carbonyl (C=O) groups excluding carboxylic acids is 2. The number of nitrogens with zero attached hydrogens (tertiary/aromatic N) is 4. The van der Waals surface area contributed by atoms with Crippen LogP contribution in [0, 0.1) is 5.82 Å². The Labute approximate surface area is 251 Å². The number of amides is 2. The van der Waals surface area contributed by atoms with Gasteiger partial charge in [-0.05, 0) is 42.0 Å². The highest BCUT2D eigenvalue weighted by atomic mass is 35.5. The minimum atomic E-state index is -0.377. The first-order valence-corrected chi connectivity index (χ1v) is 14.7. The Morgan fingerprint density at radius 1 is 0.976 bits per heavy atom. The molecule has 0 radical (unpaired) electrons. The van der Waals surface area contributed by atoms with E-state index in [0.29, 0.717) is 27.9 Å². The monoisotopic (exact) mass is 597 g/mol. The summed E-state index contributed by atoms with van der Waals surface area (Å²) in [6, 6.07) is 28.6. The van der Waals surface area contributed by atoms with Crippen LogP contribution in [-0.2, 0) is 16.1 Å². The molecule has 1 atom stereocenters. The fourth-order valence-corrected chi connectivity index (χ4v) is 6.33. The third-order valence-electron chi connectivity index (χ3n) is 6.88. The van der Waals surface area contributed by atoms with Crippen molar-refractivity contribution < 1.29 is 14.0 Å². The van der Waals surface area contributed by atoms with Crippen molar-refractivity contribution in [2.75, 3.05) is 17.2 Å². The zero-order chi connectivity index (χ0) is 29.1. The van der Waals surface area contributed by atoms with Crippen LogP contribution < -0.4 is 10.2 Å². The largest absolute Gasteiger partial charge is 0.349 e. The van der Waals surface area contributed by atoms with Crippen molar-refractivity contribution >= 4 is 41.0 Å². The molecule has 0 bridgehead atoms. The van der Waals surface area contributed by atoms with Crippen molar-refractivity contribution in [2.45, 2.75) is 11.8 Å². The normalized spacial score (nSPS) is 14.8. The topological polar surface area (TPSA) is 80.1 Å². The van der Waals surface area contributed by atoms with Crippen LogP contribution in [0.5, 0.6) is 0 Å². The first-order valence-electron chi connectivity index (χ1n) is 13.3. The molecule has 1 N–H and O–H groups in total. The van der Waals surface area contributed by atoms with Crippen LogP contribution in [0.1, 0.15) is 22.1 Å². The number of anilines is 1. The summed E-state index contributed by atoms with van der Waals surface area (Å²) < 4.78 is 15.6. The zero-order valence-electron chi connectivity index (χ0n) is 22.3. The molecule has 0 saturated carbocycles. The molecule has 210 valence electrons. The van der Waals surface area contributed by atoms with Crippen molar-refractivity contribution in [3.63, 3.8) is 0 Å². The van der Waals surface area contributed by atoms with Gasteiger partial charge in [0.2, 0.25) is 11.8 Å². The van der Waals surface area contributed by atoms with Crippen LogP contribution in [0.2, 0.25) is 5.02 Å². The van der Waals surface area contributed by atoms with Crippen LogP contribution >= 0.6 is 23.4 Å². The van der Waals surface area contributed by atoms with Gasteiger partial charge in [-0.2, -0.15) is 5.10 Å². The lowest BCUT2D eigenvalue weighted by molar-refractivity contribution is -0.123. The number of hydrogen-bond donors (Lipinski definition) is 1. The van der Waals surface area contributed by atoms with E-state index < -0.39 is 0 Å². The van der Waals surface area contributed by atoms with Gasteiger partial charge in [-0.1, -0.05) is 72.3 Å². The Morgan fingerprint density at radius 3 is 2.45 bits per heavy atom. The number of carbonyl (C=O) groups is 2. The summed E-state index contributed by atoms with van der Waals surface area (Å²) in [5.74, 6) is -0.416. The SMILES string of the molecule is O=C(CN1C(=O)CS[C@@H](c2ccc(F)cc2)c2c(-c3ccccc3)nn(-c3ccccc3Cl)c21)NCc1ccccn1. The molecule has 6 rings (SSSR count). The lowest BCUT2D eigenvalue weighted by atomic mass is 9.99. The number of nitrogens with one attached hydrogen (secondary N) is 1. The fraction of sp³-hybridized carbons (Fsp3) is 0.125. The summed E-state index contributed by atoms with van der Waals surface area (Å²) in [4.78, 5) is 32.8. The number of halogens is 2. The quantitative estimate of drug-likeness (QED) is 0.241. The maximum Gasteiger partial charge on any atom is 0.240 e. The van der Waals surface area contributed by atoms with E-state index in [4.69, 9.17) is 16.7 Å². The second kappa shape index (κ2) is 12.2.